The maximum atomic E-state index is 10.1. The molecule has 6 atom stereocenters. The lowest BCUT2D eigenvalue weighted by Gasteiger charge is -2.29. The van der Waals surface area contributed by atoms with Crippen LogP contribution < -0.4 is 0 Å². The van der Waals surface area contributed by atoms with E-state index >= 15 is 0 Å². The van der Waals surface area contributed by atoms with Gasteiger partial charge in [-0.3, -0.25) is 0 Å². The van der Waals surface area contributed by atoms with Crippen molar-refractivity contribution in [3.05, 3.63) is 0 Å². The van der Waals surface area contributed by atoms with Gasteiger partial charge in [-0.25, -0.2) is 0 Å². The first-order valence-electron chi connectivity index (χ1n) is 4.51. The molecule has 0 bridgehead atoms. The van der Waals surface area contributed by atoms with Gasteiger partial charge >= 0.3 is 0 Å². The molecule has 0 aromatic carbocycles. The zero-order chi connectivity index (χ0) is 12.9. The molecule has 0 radical (unpaired) electrons. The Balaban J connectivity index is 4.47. The van der Waals surface area contributed by atoms with Crippen molar-refractivity contribution in [2.24, 2.45) is 0 Å². The minimum Gasteiger partial charge on any atom is -0.394 e. The Morgan fingerprint density at radius 2 is 1.25 bits per heavy atom. The van der Waals surface area contributed by atoms with Gasteiger partial charge in [0.05, 0.1) is 6.61 Å². The number of hydrogen-bond donors (Lipinski definition) is 7. The van der Waals surface area contributed by atoms with E-state index in [1.54, 1.807) is 0 Å². The summed E-state index contributed by atoms with van der Waals surface area (Å²) in [5.74, 6) is 0. The van der Waals surface area contributed by atoms with Crippen molar-refractivity contribution in [1.29, 1.82) is 0 Å². The fourth-order valence-electron chi connectivity index (χ4n) is 1.02. The van der Waals surface area contributed by atoms with Crippen molar-refractivity contribution < 1.29 is 40.5 Å². The molecule has 8 heteroatoms. The van der Waals surface area contributed by atoms with Crippen molar-refractivity contribution >= 4 is 6.29 Å². The van der Waals surface area contributed by atoms with Crippen LogP contribution in [0, 0.1) is 0 Å². The third-order valence-electron chi connectivity index (χ3n) is 2.12. The highest BCUT2D eigenvalue weighted by atomic mass is 16.4. The van der Waals surface area contributed by atoms with Crippen LogP contribution in [0.4, 0.5) is 0 Å². The number of aliphatic hydroxyl groups is 7. The van der Waals surface area contributed by atoms with E-state index in [0.717, 1.165) is 0 Å². The van der Waals surface area contributed by atoms with Crippen molar-refractivity contribution in [2.45, 2.75) is 36.6 Å². The zero-order valence-corrected chi connectivity index (χ0v) is 8.29. The molecule has 0 heterocycles. The van der Waals surface area contributed by atoms with Crippen LogP contribution in [0.2, 0.25) is 0 Å². The summed E-state index contributed by atoms with van der Waals surface area (Å²) in [7, 11) is 0. The lowest BCUT2D eigenvalue weighted by Crippen LogP contribution is -2.53. The lowest BCUT2D eigenvalue weighted by atomic mass is 9.97. The third kappa shape index (κ3) is 3.76. The summed E-state index contributed by atoms with van der Waals surface area (Å²) in [5, 5.41) is 63.0. The summed E-state index contributed by atoms with van der Waals surface area (Å²) in [6.07, 6.45) is -11.7. The van der Waals surface area contributed by atoms with Gasteiger partial charge in [0, 0.05) is 0 Å². The zero-order valence-electron chi connectivity index (χ0n) is 8.29. The quantitative estimate of drug-likeness (QED) is 0.219. The second-order valence-corrected chi connectivity index (χ2v) is 3.34. The van der Waals surface area contributed by atoms with Crippen molar-refractivity contribution in [3.8, 4) is 0 Å². The van der Waals surface area contributed by atoms with Crippen LogP contribution in [0.15, 0.2) is 0 Å². The molecule has 96 valence electrons. The van der Waals surface area contributed by atoms with Gasteiger partial charge in [-0.1, -0.05) is 0 Å². The molecule has 0 unspecified atom stereocenters. The first-order chi connectivity index (χ1) is 7.36. The molecule has 0 spiro atoms. The molecule has 0 aromatic heterocycles. The van der Waals surface area contributed by atoms with Crippen LogP contribution >= 0.6 is 0 Å². The van der Waals surface area contributed by atoms with Crippen molar-refractivity contribution in [1.82, 2.24) is 0 Å². The fourth-order valence-corrected chi connectivity index (χ4v) is 1.02. The molecule has 0 aliphatic carbocycles. The minimum atomic E-state index is -2.05. The van der Waals surface area contributed by atoms with E-state index in [1.807, 2.05) is 0 Å². The molecular formula is C8H16O8. The maximum Gasteiger partial charge on any atom is 0.151 e. The molecule has 8 nitrogen and oxygen atoms in total. The van der Waals surface area contributed by atoms with E-state index < -0.39 is 43.2 Å². The van der Waals surface area contributed by atoms with Gasteiger partial charge in [0.15, 0.2) is 6.29 Å². The molecule has 0 aliphatic rings. The van der Waals surface area contributed by atoms with Crippen LogP contribution in [0.1, 0.15) is 0 Å². The van der Waals surface area contributed by atoms with Gasteiger partial charge in [0.2, 0.25) is 0 Å². The molecule has 0 fully saturated rings. The number of rotatable bonds is 7. The van der Waals surface area contributed by atoms with E-state index in [2.05, 4.69) is 0 Å². The fraction of sp³-hybridized carbons (Fsp3) is 0.875. The highest BCUT2D eigenvalue weighted by molar-refractivity contribution is 5.56. The smallest absolute Gasteiger partial charge is 0.151 e. The summed E-state index contributed by atoms with van der Waals surface area (Å²) >= 11 is 0. The van der Waals surface area contributed by atoms with Crippen LogP contribution in [-0.2, 0) is 4.79 Å². The van der Waals surface area contributed by atoms with Gasteiger partial charge < -0.3 is 40.5 Å². The highest BCUT2D eigenvalue weighted by Gasteiger charge is 2.36. The monoisotopic (exact) mass is 240 g/mol. The average Bonchev–Trinajstić information content (AvgIpc) is 2.32. The molecule has 0 saturated heterocycles. The van der Waals surface area contributed by atoms with Crippen molar-refractivity contribution in [3.63, 3.8) is 0 Å². The second-order valence-electron chi connectivity index (χ2n) is 3.34. The SMILES string of the molecule is O=C[C@@H](O)[C@H](O)[C@H](O)[C@@H](O)[C@@H](O)[C@H](O)CO. The molecule has 0 amide bonds. The van der Waals surface area contributed by atoms with Gasteiger partial charge in [-0.15, -0.1) is 0 Å². The molecule has 0 aromatic rings. The molecule has 0 rings (SSSR count). The largest absolute Gasteiger partial charge is 0.394 e. The van der Waals surface area contributed by atoms with Gasteiger partial charge in [-0.05, 0) is 0 Å². The summed E-state index contributed by atoms with van der Waals surface area (Å²) in [5.41, 5.74) is 0. The standard InChI is InChI=1S/C8H16O8/c9-1-3(11)5(13)7(15)8(16)6(14)4(12)2-10/h1,3-8,10-16H,2H2/t3-,4-,5+,6+,7+,8+/m1/s1. The van der Waals surface area contributed by atoms with Crippen molar-refractivity contribution in [2.75, 3.05) is 6.61 Å². The normalized spacial score (nSPS) is 22.9. The Bertz CT molecular complexity index is 210. The number of aldehydes is 1. The Hall–Kier alpha value is -0.610. The highest BCUT2D eigenvalue weighted by Crippen LogP contribution is 2.10. The molecule has 7 N–H and O–H groups in total. The van der Waals surface area contributed by atoms with E-state index in [9.17, 15) is 15.0 Å². The van der Waals surface area contributed by atoms with Crippen LogP contribution in [0.3, 0.4) is 0 Å². The summed E-state index contributed by atoms with van der Waals surface area (Å²) in [6, 6.07) is 0. The Kier molecular flexibility index (Phi) is 6.60. The minimum absolute atomic E-state index is 0.0601. The summed E-state index contributed by atoms with van der Waals surface area (Å²) in [6.45, 7) is -0.864. The average molecular weight is 240 g/mol. The van der Waals surface area contributed by atoms with E-state index in [-0.39, 0.29) is 6.29 Å². The van der Waals surface area contributed by atoms with E-state index in [0.29, 0.717) is 0 Å². The van der Waals surface area contributed by atoms with E-state index in [1.165, 1.54) is 0 Å². The molecule has 0 aliphatic heterocycles. The molecule has 0 saturated carbocycles. The Morgan fingerprint density at radius 3 is 1.62 bits per heavy atom. The van der Waals surface area contributed by atoms with Gasteiger partial charge in [-0.2, -0.15) is 0 Å². The maximum absolute atomic E-state index is 10.1. The summed E-state index contributed by atoms with van der Waals surface area (Å²) < 4.78 is 0. The number of carbonyl (C=O) groups excluding carboxylic acids is 1. The van der Waals surface area contributed by atoms with Gasteiger partial charge in [0.25, 0.3) is 0 Å². The van der Waals surface area contributed by atoms with Crippen LogP contribution in [-0.4, -0.2) is 85.3 Å². The molecule has 16 heavy (non-hydrogen) atoms. The number of hydrogen-bond acceptors (Lipinski definition) is 8. The van der Waals surface area contributed by atoms with E-state index in [4.69, 9.17) is 25.5 Å². The van der Waals surface area contributed by atoms with Gasteiger partial charge in [0.1, 0.15) is 36.6 Å². The summed E-state index contributed by atoms with van der Waals surface area (Å²) in [4.78, 5) is 10.1. The van der Waals surface area contributed by atoms with Crippen LogP contribution in [0.25, 0.3) is 0 Å². The Morgan fingerprint density at radius 1 is 0.812 bits per heavy atom. The first-order valence-corrected chi connectivity index (χ1v) is 4.51. The number of carbonyl (C=O) groups is 1. The number of aliphatic hydroxyl groups excluding tert-OH is 7. The first kappa shape index (κ1) is 15.4. The second kappa shape index (κ2) is 6.86. The lowest BCUT2D eigenvalue weighted by molar-refractivity contribution is -0.159. The molecular weight excluding hydrogens is 224 g/mol. The van der Waals surface area contributed by atoms with Crippen LogP contribution in [0.5, 0.6) is 0 Å². The topological polar surface area (TPSA) is 159 Å². The third-order valence-corrected chi connectivity index (χ3v) is 2.12. The predicted octanol–water partition coefficient (Wildman–Crippen LogP) is -4.66. The predicted molar refractivity (Wildman–Crippen MR) is 49.2 cm³/mol. The Labute approximate surface area is 91.0 Å².